The van der Waals surface area contributed by atoms with Crippen molar-refractivity contribution in [3.8, 4) is 0 Å². The van der Waals surface area contributed by atoms with Crippen molar-refractivity contribution in [2.75, 3.05) is 0 Å². The molecule has 0 aromatic heterocycles. The number of primary amides is 1. The maximum Gasteiger partial charge on any atom is 0.249 e. The summed E-state index contributed by atoms with van der Waals surface area (Å²) < 4.78 is 0. The zero-order chi connectivity index (χ0) is 12.8. The first-order valence-corrected chi connectivity index (χ1v) is 5.79. The number of amides is 1. The normalized spacial score (nSPS) is 12.6. The van der Waals surface area contributed by atoms with Gasteiger partial charge >= 0.3 is 0 Å². The number of allylic oxidation sites excluding steroid dienone is 4. The van der Waals surface area contributed by atoms with Gasteiger partial charge in [-0.05, 0) is 37.5 Å². The van der Waals surface area contributed by atoms with E-state index < -0.39 is 0 Å². The van der Waals surface area contributed by atoms with Gasteiger partial charge in [-0.25, -0.2) is 0 Å². The van der Waals surface area contributed by atoms with Crippen LogP contribution in [-0.4, -0.2) is 5.91 Å². The Kier molecular flexibility index (Phi) is 4.70. The molecule has 1 aromatic rings. The van der Waals surface area contributed by atoms with E-state index in [9.17, 15) is 4.79 Å². The molecule has 0 fully saturated rings. The van der Waals surface area contributed by atoms with Crippen LogP contribution in [0, 0.1) is 0 Å². The first kappa shape index (κ1) is 13.2. The van der Waals surface area contributed by atoms with Gasteiger partial charge in [-0.3, -0.25) is 4.79 Å². The Morgan fingerprint density at radius 1 is 1.18 bits per heavy atom. The minimum absolute atomic E-state index is 0.385. The van der Waals surface area contributed by atoms with Crippen LogP contribution in [0.3, 0.4) is 0 Å². The predicted molar refractivity (Wildman–Crippen MR) is 72.7 cm³/mol. The van der Waals surface area contributed by atoms with Gasteiger partial charge in [0, 0.05) is 5.56 Å². The van der Waals surface area contributed by atoms with Crippen LogP contribution >= 0.6 is 0 Å². The van der Waals surface area contributed by atoms with Crippen molar-refractivity contribution in [2.24, 2.45) is 5.73 Å². The smallest absolute Gasteiger partial charge is 0.249 e. The summed E-state index contributed by atoms with van der Waals surface area (Å²) in [6.45, 7) is 6.19. The van der Waals surface area contributed by atoms with E-state index in [1.807, 2.05) is 31.2 Å². The van der Waals surface area contributed by atoms with E-state index >= 15 is 0 Å². The lowest BCUT2D eigenvalue weighted by molar-refractivity contribution is 0.1000. The van der Waals surface area contributed by atoms with Crippen LogP contribution in [0.4, 0.5) is 0 Å². The van der Waals surface area contributed by atoms with Crippen LogP contribution in [0.15, 0.2) is 42.0 Å². The van der Waals surface area contributed by atoms with Crippen LogP contribution in [0.1, 0.15) is 43.1 Å². The minimum Gasteiger partial charge on any atom is -0.366 e. The Labute approximate surface area is 103 Å². The van der Waals surface area contributed by atoms with E-state index in [1.54, 1.807) is 6.07 Å². The summed E-state index contributed by atoms with van der Waals surface area (Å²) >= 11 is 0. The van der Waals surface area contributed by atoms with Crippen molar-refractivity contribution >= 4 is 11.5 Å². The highest BCUT2D eigenvalue weighted by Crippen LogP contribution is 2.19. The topological polar surface area (TPSA) is 43.1 Å². The van der Waals surface area contributed by atoms with Crippen molar-refractivity contribution in [3.63, 3.8) is 0 Å². The second-order valence-electron chi connectivity index (χ2n) is 4.13. The third kappa shape index (κ3) is 3.59. The average Bonchev–Trinajstić information content (AvgIpc) is 2.35. The number of nitrogens with two attached hydrogens (primary N) is 1. The summed E-state index contributed by atoms with van der Waals surface area (Å²) in [7, 11) is 0. The van der Waals surface area contributed by atoms with Gasteiger partial charge in [-0.15, -0.1) is 0 Å². The summed E-state index contributed by atoms with van der Waals surface area (Å²) in [4.78, 5) is 11.3. The summed E-state index contributed by atoms with van der Waals surface area (Å²) in [5.74, 6) is -0.385. The van der Waals surface area contributed by atoms with Crippen molar-refractivity contribution in [1.82, 2.24) is 0 Å². The molecule has 2 heteroatoms. The van der Waals surface area contributed by atoms with E-state index in [1.165, 1.54) is 5.57 Å². The van der Waals surface area contributed by atoms with Gasteiger partial charge in [-0.1, -0.05) is 42.8 Å². The average molecular weight is 229 g/mol. The molecule has 0 saturated carbocycles. The van der Waals surface area contributed by atoms with Crippen LogP contribution in [0.2, 0.25) is 0 Å². The van der Waals surface area contributed by atoms with Gasteiger partial charge in [0.05, 0.1) is 0 Å². The second-order valence-corrected chi connectivity index (χ2v) is 4.13. The highest BCUT2D eigenvalue weighted by atomic mass is 16.1. The maximum atomic E-state index is 11.3. The Bertz CT molecular complexity index is 470. The zero-order valence-electron chi connectivity index (χ0n) is 10.7. The van der Waals surface area contributed by atoms with E-state index in [2.05, 4.69) is 19.9 Å². The lowest BCUT2D eigenvalue weighted by Crippen LogP contribution is -2.13. The van der Waals surface area contributed by atoms with E-state index in [0.29, 0.717) is 5.56 Å². The maximum absolute atomic E-state index is 11.3. The fourth-order valence-electron chi connectivity index (χ4n) is 1.52. The molecule has 1 amide bonds. The molecule has 2 N–H and O–H groups in total. The van der Waals surface area contributed by atoms with Crippen LogP contribution < -0.4 is 5.73 Å². The Balaban J connectivity index is 3.12. The summed E-state index contributed by atoms with van der Waals surface area (Å²) in [5, 5.41) is 0. The SMILES string of the molecule is CC/C(C)=C/C=C(\C)c1ccccc1C(N)=O. The molecule has 17 heavy (non-hydrogen) atoms. The molecule has 0 saturated heterocycles. The molecule has 1 aromatic carbocycles. The number of carbonyl (C=O) groups is 1. The third-order valence-corrected chi connectivity index (χ3v) is 2.79. The molecular formula is C15H19NO. The summed E-state index contributed by atoms with van der Waals surface area (Å²) in [6, 6.07) is 7.41. The fourth-order valence-corrected chi connectivity index (χ4v) is 1.52. The molecule has 2 nitrogen and oxygen atoms in total. The van der Waals surface area contributed by atoms with Gasteiger partial charge in [0.25, 0.3) is 0 Å². The first-order valence-electron chi connectivity index (χ1n) is 5.79. The third-order valence-electron chi connectivity index (χ3n) is 2.79. The van der Waals surface area contributed by atoms with Crippen molar-refractivity contribution < 1.29 is 4.79 Å². The number of carbonyl (C=O) groups excluding carboxylic acids is 1. The molecule has 90 valence electrons. The quantitative estimate of drug-likeness (QED) is 0.788. The molecule has 0 spiro atoms. The zero-order valence-corrected chi connectivity index (χ0v) is 10.7. The highest BCUT2D eigenvalue weighted by molar-refractivity contribution is 5.98. The van der Waals surface area contributed by atoms with Crippen molar-refractivity contribution in [3.05, 3.63) is 53.1 Å². The number of hydrogen-bond acceptors (Lipinski definition) is 1. The van der Waals surface area contributed by atoms with Gasteiger partial charge in [0.1, 0.15) is 0 Å². The lowest BCUT2D eigenvalue weighted by atomic mass is 9.99. The molecular weight excluding hydrogens is 210 g/mol. The van der Waals surface area contributed by atoms with Crippen LogP contribution in [-0.2, 0) is 0 Å². The summed E-state index contributed by atoms with van der Waals surface area (Å²) in [5.41, 5.74) is 9.18. The standard InChI is InChI=1S/C15H19NO/c1-4-11(2)9-10-12(3)13-7-5-6-8-14(13)15(16)17/h5-10H,4H2,1-3H3,(H2,16,17)/b11-9+,12-10+. The van der Waals surface area contributed by atoms with Gasteiger partial charge in [0.2, 0.25) is 5.91 Å². The molecule has 0 aliphatic heterocycles. The molecule has 0 radical (unpaired) electrons. The number of benzene rings is 1. The van der Waals surface area contributed by atoms with Gasteiger partial charge in [0.15, 0.2) is 0 Å². The Morgan fingerprint density at radius 3 is 2.29 bits per heavy atom. The van der Waals surface area contributed by atoms with E-state index in [0.717, 1.165) is 17.6 Å². The van der Waals surface area contributed by atoms with Crippen molar-refractivity contribution in [1.29, 1.82) is 0 Å². The lowest BCUT2D eigenvalue weighted by Gasteiger charge is -2.06. The Hall–Kier alpha value is -1.83. The summed E-state index contributed by atoms with van der Waals surface area (Å²) in [6.07, 6.45) is 5.13. The molecule has 0 heterocycles. The number of hydrogen-bond donors (Lipinski definition) is 1. The second kappa shape index (κ2) is 6.04. The van der Waals surface area contributed by atoms with Crippen LogP contribution in [0.5, 0.6) is 0 Å². The Morgan fingerprint density at radius 2 is 1.76 bits per heavy atom. The van der Waals surface area contributed by atoms with Gasteiger partial charge in [-0.2, -0.15) is 0 Å². The molecule has 0 aliphatic carbocycles. The molecule has 0 bridgehead atoms. The first-order chi connectivity index (χ1) is 8.06. The molecule has 0 atom stereocenters. The van der Waals surface area contributed by atoms with E-state index in [-0.39, 0.29) is 5.91 Å². The largest absolute Gasteiger partial charge is 0.366 e. The van der Waals surface area contributed by atoms with Crippen molar-refractivity contribution in [2.45, 2.75) is 27.2 Å². The predicted octanol–water partition coefficient (Wildman–Crippen LogP) is 3.55. The molecule has 0 aliphatic rings. The van der Waals surface area contributed by atoms with E-state index in [4.69, 9.17) is 5.73 Å². The molecule has 1 rings (SSSR count). The monoisotopic (exact) mass is 229 g/mol. The molecule has 0 unspecified atom stereocenters. The van der Waals surface area contributed by atoms with Gasteiger partial charge < -0.3 is 5.73 Å². The highest BCUT2D eigenvalue weighted by Gasteiger charge is 2.07. The fraction of sp³-hybridized carbons (Fsp3) is 0.267. The minimum atomic E-state index is -0.385. The van der Waals surface area contributed by atoms with Crippen LogP contribution in [0.25, 0.3) is 5.57 Å². The number of rotatable bonds is 4.